The number of fused-ring (bicyclic) bond motifs is 1. The lowest BCUT2D eigenvalue weighted by molar-refractivity contribution is -0.697. The van der Waals surface area contributed by atoms with Crippen molar-refractivity contribution in [2.24, 2.45) is 0 Å². The lowest BCUT2D eigenvalue weighted by atomic mass is 9.93. The Morgan fingerprint density at radius 3 is 2.43 bits per heavy atom. The number of pyridine rings is 1. The van der Waals surface area contributed by atoms with E-state index in [2.05, 4.69) is 41.3 Å². The van der Waals surface area contributed by atoms with E-state index in [0.29, 0.717) is 6.42 Å². The van der Waals surface area contributed by atoms with E-state index in [-0.39, 0.29) is 11.8 Å². The van der Waals surface area contributed by atoms with Gasteiger partial charge in [0.2, 0.25) is 0 Å². The molecule has 0 saturated heterocycles. The van der Waals surface area contributed by atoms with Crippen LogP contribution in [0.25, 0.3) is 0 Å². The summed E-state index contributed by atoms with van der Waals surface area (Å²) in [5, 5.41) is 3.54. The second-order valence-electron chi connectivity index (χ2n) is 8.07. The molecular formula is C25H35N2O+. The first-order valence-corrected chi connectivity index (χ1v) is 11.2. The van der Waals surface area contributed by atoms with Crippen LogP contribution >= 0.6 is 0 Å². The number of para-hydroxylation sites is 1. The number of benzene rings is 1. The molecule has 0 amide bonds. The van der Waals surface area contributed by atoms with Gasteiger partial charge in [-0.05, 0) is 24.6 Å². The van der Waals surface area contributed by atoms with Crippen molar-refractivity contribution in [2.75, 3.05) is 5.32 Å². The number of rotatable bonds is 11. The minimum absolute atomic E-state index is 0.0676. The highest BCUT2D eigenvalue weighted by Crippen LogP contribution is 2.31. The van der Waals surface area contributed by atoms with Gasteiger partial charge >= 0.3 is 0 Å². The minimum Gasteiger partial charge on any atom is -0.377 e. The first kappa shape index (κ1) is 20.6. The fraction of sp³-hybridized carbons (Fsp3) is 0.520. The van der Waals surface area contributed by atoms with E-state index in [1.165, 1.54) is 63.4 Å². The highest BCUT2D eigenvalue weighted by molar-refractivity contribution is 6.03. The normalized spacial score (nSPS) is 15.9. The summed E-state index contributed by atoms with van der Waals surface area (Å²) in [5.41, 5.74) is 2.97. The van der Waals surface area contributed by atoms with E-state index in [9.17, 15) is 4.79 Å². The number of nitrogens with zero attached hydrogens (tertiary/aromatic N) is 1. The highest BCUT2D eigenvalue weighted by Gasteiger charge is 2.26. The number of ketones is 1. The Kier molecular flexibility index (Phi) is 8.07. The van der Waals surface area contributed by atoms with E-state index in [1.807, 2.05) is 24.3 Å². The Morgan fingerprint density at radius 1 is 0.929 bits per heavy atom. The van der Waals surface area contributed by atoms with Crippen LogP contribution < -0.4 is 9.88 Å². The summed E-state index contributed by atoms with van der Waals surface area (Å²) in [5.74, 6) is 0.230. The van der Waals surface area contributed by atoms with Gasteiger partial charge in [0.15, 0.2) is 18.2 Å². The van der Waals surface area contributed by atoms with Gasteiger partial charge in [0, 0.05) is 35.7 Å². The average Bonchev–Trinajstić information content (AvgIpc) is 2.73. The number of hydrogen-bond donors (Lipinski definition) is 1. The third kappa shape index (κ3) is 5.92. The van der Waals surface area contributed by atoms with Gasteiger partial charge in [-0.2, -0.15) is 0 Å². The maximum absolute atomic E-state index is 12.5. The van der Waals surface area contributed by atoms with Crippen molar-refractivity contribution in [3.63, 3.8) is 0 Å². The van der Waals surface area contributed by atoms with Gasteiger partial charge in [0.05, 0.1) is 6.04 Å². The van der Waals surface area contributed by atoms with Gasteiger partial charge in [-0.3, -0.25) is 4.79 Å². The Bertz CT molecular complexity index is 756. The molecular weight excluding hydrogens is 344 g/mol. The quantitative estimate of drug-likeness (QED) is 0.370. The first-order chi connectivity index (χ1) is 13.8. The molecule has 1 unspecified atom stereocenters. The Balaban J connectivity index is 1.44. The van der Waals surface area contributed by atoms with Crippen LogP contribution in [0.2, 0.25) is 0 Å². The van der Waals surface area contributed by atoms with Crippen molar-refractivity contribution >= 4 is 11.5 Å². The number of carbonyl (C=O) groups excluding carboxylic acids is 1. The molecule has 0 aliphatic carbocycles. The summed E-state index contributed by atoms with van der Waals surface area (Å²) in [4.78, 5) is 12.5. The van der Waals surface area contributed by atoms with Gasteiger partial charge in [-0.1, -0.05) is 64.0 Å². The number of anilines is 1. The molecule has 1 aliphatic rings. The van der Waals surface area contributed by atoms with Crippen molar-refractivity contribution in [1.29, 1.82) is 0 Å². The molecule has 150 valence electrons. The monoisotopic (exact) mass is 379 g/mol. The van der Waals surface area contributed by atoms with Crippen LogP contribution in [0.3, 0.4) is 0 Å². The second kappa shape index (κ2) is 11.0. The molecule has 0 bridgehead atoms. The van der Waals surface area contributed by atoms with Crippen LogP contribution in [0, 0.1) is 0 Å². The first-order valence-electron chi connectivity index (χ1n) is 11.2. The number of Topliss-reactive ketones (excluding diaryl/α,β-unsaturated/α-hetero) is 1. The van der Waals surface area contributed by atoms with Crippen molar-refractivity contribution in [3.05, 3.63) is 59.9 Å². The Labute approximate surface area is 170 Å². The van der Waals surface area contributed by atoms with Crippen LogP contribution in [0.1, 0.15) is 93.1 Å². The fourth-order valence-electron chi connectivity index (χ4n) is 4.08. The fourth-order valence-corrected chi connectivity index (χ4v) is 4.08. The smallest absolute Gasteiger partial charge is 0.174 e. The third-order valence-electron chi connectivity index (χ3n) is 5.75. The van der Waals surface area contributed by atoms with Gasteiger partial charge in [0.25, 0.3) is 0 Å². The van der Waals surface area contributed by atoms with Crippen molar-refractivity contribution in [3.8, 4) is 0 Å². The van der Waals surface area contributed by atoms with Gasteiger partial charge < -0.3 is 5.32 Å². The molecule has 2 heterocycles. The Morgan fingerprint density at radius 2 is 1.64 bits per heavy atom. The lowest BCUT2D eigenvalue weighted by Crippen LogP contribution is -2.34. The summed E-state index contributed by atoms with van der Waals surface area (Å²) in [6.07, 6.45) is 17.1. The van der Waals surface area contributed by atoms with Gasteiger partial charge in [-0.15, -0.1) is 0 Å². The number of aryl methyl sites for hydroxylation is 1. The molecule has 1 atom stereocenters. The van der Waals surface area contributed by atoms with Crippen LogP contribution in [0.15, 0.2) is 48.8 Å². The molecule has 0 saturated carbocycles. The number of aromatic nitrogens is 1. The lowest BCUT2D eigenvalue weighted by Gasteiger charge is -2.25. The zero-order chi connectivity index (χ0) is 19.6. The number of nitrogens with one attached hydrogen (secondary N) is 1. The average molecular weight is 380 g/mol. The molecule has 0 spiro atoms. The van der Waals surface area contributed by atoms with Crippen LogP contribution in [-0.4, -0.2) is 5.78 Å². The highest BCUT2D eigenvalue weighted by atomic mass is 16.1. The maximum Gasteiger partial charge on any atom is 0.174 e. The van der Waals surface area contributed by atoms with Crippen molar-refractivity contribution in [1.82, 2.24) is 0 Å². The maximum atomic E-state index is 12.5. The van der Waals surface area contributed by atoms with E-state index >= 15 is 0 Å². The number of unbranched alkanes of at least 4 members (excludes halogenated alkanes) is 8. The topological polar surface area (TPSA) is 33.0 Å². The standard InChI is InChI=1S/C25H34N2O/c1-2-3-4-5-6-7-8-9-12-17-27-18-13-14-21(20-27)24-19-25(28)22-15-10-11-16-23(22)26-24/h10-11,13-16,18,20,24H,2-9,12,17,19H2,1H3/p+1. The Hall–Kier alpha value is -2.16. The predicted octanol–water partition coefficient (Wildman–Crippen LogP) is 6.24. The third-order valence-corrected chi connectivity index (χ3v) is 5.75. The zero-order valence-corrected chi connectivity index (χ0v) is 17.3. The molecule has 1 aliphatic heterocycles. The number of carbonyl (C=O) groups is 1. The molecule has 3 heteroatoms. The molecule has 28 heavy (non-hydrogen) atoms. The van der Waals surface area contributed by atoms with Crippen LogP contribution in [-0.2, 0) is 6.54 Å². The zero-order valence-electron chi connectivity index (χ0n) is 17.3. The summed E-state index contributed by atoms with van der Waals surface area (Å²) >= 11 is 0. The summed E-state index contributed by atoms with van der Waals surface area (Å²) in [7, 11) is 0. The summed E-state index contributed by atoms with van der Waals surface area (Å²) < 4.78 is 2.28. The minimum atomic E-state index is 0.0676. The summed E-state index contributed by atoms with van der Waals surface area (Å²) in [6.45, 7) is 3.33. The van der Waals surface area contributed by atoms with E-state index < -0.39 is 0 Å². The predicted molar refractivity (Wildman–Crippen MR) is 116 cm³/mol. The molecule has 1 aromatic carbocycles. The van der Waals surface area contributed by atoms with E-state index in [0.717, 1.165) is 17.8 Å². The van der Waals surface area contributed by atoms with Gasteiger partial charge in [0.1, 0.15) is 6.54 Å². The van der Waals surface area contributed by atoms with E-state index in [4.69, 9.17) is 0 Å². The molecule has 0 fully saturated rings. The molecule has 1 aromatic heterocycles. The van der Waals surface area contributed by atoms with Gasteiger partial charge in [-0.25, -0.2) is 4.57 Å². The van der Waals surface area contributed by atoms with Crippen molar-refractivity contribution in [2.45, 2.75) is 83.7 Å². The van der Waals surface area contributed by atoms with Crippen LogP contribution in [0.5, 0.6) is 0 Å². The second-order valence-corrected chi connectivity index (χ2v) is 8.07. The molecule has 1 N–H and O–H groups in total. The molecule has 2 aromatic rings. The van der Waals surface area contributed by atoms with Crippen LogP contribution in [0.4, 0.5) is 5.69 Å². The molecule has 3 rings (SSSR count). The number of hydrogen-bond acceptors (Lipinski definition) is 2. The largest absolute Gasteiger partial charge is 0.377 e. The SMILES string of the molecule is CCCCCCCCCCC[n+]1cccc(C2CC(=O)c3ccccc3N2)c1. The van der Waals surface area contributed by atoms with Crippen molar-refractivity contribution < 1.29 is 9.36 Å². The van der Waals surface area contributed by atoms with E-state index in [1.54, 1.807) is 0 Å². The summed E-state index contributed by atoms with van der Waals surface area (Å²) in [6, 6.07) is 12.1. The molecule has 0 radical (unpaired) electrons. The molecule has 3 nitrogen and oxygen atoms in total.